The molecule has 0 radical (unpaired) electrons. The van der Waals surface area contributed by atoms with Crippen LogP contribution in [0, 0.1) is 5.82 Å². The molecule has 1 atom stereocenters. The zero-order valence-corrected chi connectivity index (χ0v) is 11.9. The van der Waals surface area contributed by atoms with Gasteiger partial charge >= 0.3 is 0 Å². The molecule has 3 heteroatoms. The van der Waals surface area contributed by atoms with E-state index in [4.69, 9.17) is 4.74 Å². The first-order valence-electron chi connectivity index (χ1n) is 6.84. The van der Waals surface area contributed by atoms with Crippen molar-refractivity contribution in [3.8, 4) is 5.75 Å². The Morgan fingerprint density at radius 1 is 1.05 bits per heavy atom. The third-order valence-corrected chi connectivity index (χ3v) is 3.39. The van der Waals surface area contributed by atoms with Crippen molar-refractivity contribution < 1.29 is 9.13 Å². The summed E-state index contributed by atoms with van der Waals surface area (Å²) in [5.41, 5.74) is 2.31. The van der Waals surface area contributed by atoms with Crippen molar-refractivity contribution in [3.05, 3.63) is 65.5 Å². The molecule has 2 aromatic rings. The van der Waals surface area contributed by atoms with Crippen LogP contribution in [-0.2, 0) is 6.54 Å². The Labute approximate surface area is 119 Å². The fourth-order valence-electron chi connectivity index (χ4n) is 2.18. The van der Waals surface area contributed by atoms with Crippen LogP contribution in [0.25, 0.3) is 0 Å². The maximum atomic E-state index is 12.9. The normalized spacial score (nSPS) is 12.2. The molecule has 0 saturated carbocycles. The standard InChI is InChI=1S/C17H20FNO/c1-3-17(14-6-10-16(20-2)11-7-14)19-12-13-4-8-15(18)9-5-13/h4-11,17,19H,3,12H2,1-2H3. The van der Waals surface area contributed by atoms with Gasteiger partial charge < -0.3 is 10.1 Å². The van der Waals surface area contributed by atoms with Crippen molar-refractivity contribution in [2.75, 3.05) is 7.11 Å². The number of ether oxygens (including phenoxy) is 1. The monoisotopic (exact) mass is 273 g/mol. The molecule has 2 nitrogen and oxygen atoms in total. The van der Waals surface area contributed by atoms with Gasteiger partial charge in [-0.3, -0.25) is 0 Å². The maximum Gasteiger partial charge on any atom is 0.123 e. The summed E-state index contributed by atoms with van der Waals surface area (Å²) in [6.45, 7) is 2.87. The van der Waals surface area contributed by atoms with Gasteiger partial charge in [-0.1, -0.05) is 31.2 Å². The minimum atomic E-state index is -0.198. The molecule has 0 aliphatic heterocycles. The summed E-state index contributed by atoms with van der Waals surface area (Å²) in [6.07, 6.45) is 0.994. The number of nitrogens with one attached hydrogen (secondary N) is 1. The van der Waals surface area contributed by atoms with Crippen molar-refractivity contribution in [2.45, 2.75) is 25.9 Å². The number of benzene rings is 2. The predicted octanol–water partition coefficient (Wildman–Crippen LogP) is 4.08. The topological polar surface area (TPSA) is 21.3 Å². The molecule has 0 bridgehead atoms. The van der Waals surface area contributed by atoms with Gasteiger partial charge in [-0.05, 0) is 41.8 Å². The molecule has 0 aliphatic rings. The van der Waals surface area contributed by atoms with Crippen LogP contribution in [0.15, 0.2) is 48.5 Å². The minimum absolute atomic E-state index is 0.198. The Kier molecular flexibility index (Phi) is 5.13. The molecule has 0 heterocycles. The van der Waals surface area contributed by atoms with Crippen LogP contribution in [0.1, 0.15) is 30.5 Å². The van der Waals surface area contributed by atoms with Gasteiger partial charge in [0.25, 0.3) is 0 Å². The first-order valence-corrected chi connectivity index (χ1v) is 6.84. The quantitative estimate of drug-likeness (QED) is 0.856. The van der Waals surface area contributed by atoms with Crippen LogP contribution in [0.2, 0.25) is 0 Å². The lowest BCUT2D eigenvalue weighted by Crippen LogP contribution is -2.20. The highest BCUT2D eigenvalue weighted by atomic mass is 19.1. The molecule has 2 rings (SSSR count). The molecule has 1 N–H and O–H groups in total. The summed E-state index contributed by atoms with van der Waals surface area (Å²) in [5.74, 6) is 0.665. The molecule has 0 spiro atoms. The van der Waals surface area contributed by atoms with Gasteiger partial charge in [0.2, 0.25) is 0 Å². The molecule has 20 heavy (non-hydrogen) atoms. The highest BCUT2D eigenvalue weighted by Crippen LogP contribution is 2.20. The Morgan fingerprint density at radius 2 is 1.70 bits per heavy atom. The molecule has 2 aromatic carbocycles. The van der Waals surface area contributed by atoms with E-state index in [1.54, 1.807) is 7.11 Å². The van der Waals surface area contributed by atoms with Gasteiger partial charge in [-0.2, -0.15) is 0 Å². The van der Waals surface area contributed by atoms with Crippen LogP contribution in [0.5, 0.6) is 5.75 Å². The first-order chi connectivity index (χ1) is 9.72. The van der Waals surface area contributed by atoms with Crippen LogP contribution in [-0.4, -0.2) is 7.11 Å². The maximum absolute atomic E-state index is 12.9. The van der Waals surface area contributed by atoms with E-state index in [-0.39, 0.29) is 11.9 Å². The van der Waals surface area contributed by atoms with E-state index in [0.717, 1.165) is 24.3 Å². The number of hydrogen-bond donors (Lipinski definition) is 1. The Hall–Kier alpha value is -1.87. The Morgan fingerprint density at radius 3 is 2.25 bits per heavy atom. The third-order valence-electron chi connectivity index (χ3n) is 3.39. The lowest BCUT2D eigenvalue weighted by molar-refractivity contribution is 0.414. The van der Waals surface area contributed by atoms with Gasteiger partial charge in [0.05, 0.1) is 7.11 Å². The fourth-order valence-corrected chi connectivity index (χ4v) is 2.18. The second kappa shape index (κ2) is 7.06. The summed E-state index contributed by atoms with van der Waals surface area (Å²) in [7, 11) is 1.67. The average molecular weight is 273 g/mol. The second-order valence-electron chi connectivity index (χ2n) is 4.74. The largest absolute Gasteiger partial charge is 0.497 e. The van der Waals surface area contributed by atoms with Crippen molar-refractivity contribution in [3.63, 3.8) is 0 Å². The van der Waals surface area contributed by atoms with Gasteiger partial charge in [-0.15, -0.1) is 0 Å². The molecule has 0 aromatic heterocycles. The van der Waals surface area contributed by atoms with E-state index < -0.39 is 0 Å². The summed E-state index contributed by atoms with van der Waals surface area (Å²) in [4.78, 5) is 0. The fraction of sp³-hybridized carbons (Fsp3) is 0.294. The average Bonchev–Trinajstić information content (AvgIpc) is 2.50. The molecule has 106 valence electrons. The lowest BCUT2D eigenvalue weighted by atomic mass is 10.0. The number of hydrogen-bond acceptors (Lipinski definition) is 2. The van der Waals surface area contributed by atoms with E-state index in [2.05, 4.69) is 24.4 Å². The summed E-state index contributed by atoms with van der Waals surface area (Å²) >= 11 is 0. The van der Waals surface area contributed by atoms with Crippen LogP contribution >= 0.6 is 0 Å². The number of methoxy groups -OCH3 is 1. The molecular weight excluding hydrogens is 253 g/mol. The Balaban J connectivity index is 1.99. The van der Waals surface area contributed by atoms with E-state index in [0.29, 0.717) is 0 Å². The molecule has 0 fully saturated rings. The second-order valence-corrected chi connectivity index (χ2v) is 4.74. The molecular formula is C17H20FNO. The lowest BCUT2D eigenvalue weighted by Gasteiger charge is -2.18. The van der Waals surface area contributed by atoms with Gasteiger partial charge in [0.1, 0.15) is 11.6 Å². The SMILES string of the molecule is CCC(NCc1ccc(F)cc1)c1ccc(OC)cc1. The van der Waals surface area contributed by atoms with Gasteiger partial charge in [0.15, 0.2) is 0 Å². The summed E-state index contributed by atoms with van der Waals surface area (Å²) < 4.78 is 18.0. The van der Waals surface area contributed by atoms with E-state index in [1.165, 1.54) is 17.7 Å². The molecule has 0 aliphatic carbocycles. The summed E-state index contributed by atoms with van der Waals surface area (Å²) in [5, 5.41) is 3.50. The van der Waals surface area contributed by atoms with Crippen molar-refractivity contribution in [1.82, 2.24) is 5.32 Å². The zero-order valence-electron chi connectivity index (χ0n) is 11.9. The van der Waals surface area contributed by atoms with E-state index in [1.807, 2.05) is 24.3 Å². The third kappa shape index (κ3) is 3.81. The van der Waals surface area contributed by atoms with Crippen LogP contribution in [0.4, 0.5) is 4.39 Å². The van der Waals surface area contributed by atoms with Crippen molar-refractivity contribution in [1.29, 1.82) is 0 Å². The predicted molar refractivity (Wildman–Crippen MR) is 79.3 cm³/mol. The minimum Gasteiger partial charge on any atom is -0.497 e. The zero-order chi connectivity index (χ0) is 14.4. The highest BCUT2D eigenvalue weighted by Gasteiger charge is 2.08. The van der Waals surface area contributed by atoms with Crippen molar-refractivity contribution >= 4 is 0 Å². The number of rotatable bonds is 6. The number of halogens is 1. The molecule has 1 unspecified atom stereocenters. The molecule has 0 amide bonds. The first kappa shape index (κ1) is 14.5. The van der Waals surface area contributed by atoms with Gasteiger partial charge in [0, 0.05) is 12.6 Å². The molecule has 0 saturated heterocycles. The van der Waals surface area contributed by atoms with E-state index in [9.17, 15) is 4.39 Å². The summed E-state index contributed by atoms with van der Waals surface area (Å²) in [6, 6.07) is 15.0. The Bertz CT molecular complexity index is 522. The van der Waals surface area contributed by atoms with Crippen molar-refractivity contribution in [2.24, 2.45) is 0 Å². The highest BCUT2D eigenvalue weighted by molar-refractivity contribution is 5.29. The smallest absolute Gasteiger partial charge is 0.123 e. The van der Waals surface area contributed by atoms with Crippen LogP contribution in [0.3, 0.4) is 0 Å². The van der Waals surface area contributed by atoms with Crippen LogP contribution < -0.4 is 10.1 Å². The van der Waals surface area contributed by atoms with Gasteiger partial charge in [-0.25, -0.2) is 4.39 Å². The van der Waals surface area contributed by atoms with E-state index >= 15 is 0 Å².